The SMILES string of the molecule is COc1ccc(CNC(=O)[C@@H](C)OC(=O)CCC(=O)c2cc(C)sc2C)cc1. The molecule has 0 aliphatic heterocycles. The van der Waals surface area contributed by atoms with Gasteiger partial charge in [-0.1, -0.05) is 12.1 Å². The number of carbonyl (C=O) groups excluding carboxylic acids is 3. The van der Waals surface area contributed by atoms with Gasteiger partial charge in [0.15, 0.2) is 11.9 Å². The lowest BCUT2D eigenvalue weighted by molar-refractivity contribution is -0.154. The van der Waals surface area contributed by atoms with Crippen molar-refractivity contribution in [3.8, 4) is 5.75 Å². The highest BCUT2D eigenvalue weighted by atomic mass is 32.1. The average Bonchev–Trinajstić information content (AvgIpc) is 3.02. The summed E-state index contributed by atoms with van der Waals surface area (Å²) in [5.41, 5.74) is 1.56. The van der Waals surface area contributed by atoms with E-state index < -0.39 is 12.1 Å². The summed E-state index contributed by atoms with van der Waals surface area (Å²) in [6.45, 7) is 5.66. The predicted molar refractivity (Wildman–Crippen MR) is 108 cm³/mol. The van der Waals surface area contributed by atoms with Gasteiger partial charge in [0.2, 0.25) is 0 Å². The zero-order valence-corrected chi connectivity index (χ0v) is 17.4. The van der Waals surface area contributed by atoms with Gasteiger partial charge >= 0.3 is 5.97 Å². The van der Waals surface area contributed by atoms with Crippen LogP contribution in [0.15, 0.2) is 30.3 Å². The topological polar surface area (TPSA) is 81.7 Å². The van der Waals surface area contributed by atoms with Crippen molar-refractivity contribution in [2.45, 2.75) is 46.3 Å². The fourth-order valence-electron chi connectivity index (χ4n) is 2.64. The minimum absolute atomic E-state index is 0.0523. The monoisotopic (exact) mass is 403 g/mol. The summed E-state index contributed by atoms with van der Waals surface area (Å²) >= 11 is 1.56. The second kappa shape index (κ2) is 10.0. The first-order valence-corrected chi connectivity index (χ1v) is 9.82. The lowest BCUT2D eigenvalue weighted by atomic mass is 10.1. The summed E-state index contributed by atoms with van der Waals surface area (Å²) in [6.07, 6.45) is -0.912. The smallest absolute Gasteiger partial charge is 0.307 e. The zero-order valence-electron chi connectivity index (χ0n) is 16.5. The number of methoxy groups -OCH3 is 1. The number of hydrogen-bond acceptors (Lipinski definition) is 6. The lowest BCUT2D eigenvalue weighted by Gasteiger charge is -2.13. The van der Waals surface area contributed by atoms with E-state index in [1.165, 1.54) is 6.92 Å². The largest absolute Gasteiger partial charge is 0.497 e. The summed E-state index contributed by atoms with van der Waals surface area (Å²) in [5, 5.41) is 2.72. The minimum atomic E-state index is -0.925. The molecule has 1 aromatic carbocycles. The number of hydrogen-bond donors (Lipinski definition) is 1. The number of ketones is 1. The third-order valence-electron chi connectivity index (χ3n) is 4.20. The van der Waals surface area contributed by atoms with Crippen LogP contribution in [0, 0.1) is 13.8 Å². The van der Waals surface area contributed by atoms with Gasteiger partial charge in [0.05, 0.1) is 13.5 Å². The highest BCUT2D eigenvalue weighted by Crippen LogP contribution is 2.22. The Labute approximate surface area is 168 Å². The molecule has 0 saturated carbocycles. The van der Waals surface area contributed by atoms with Crippen molar-refractivity contribution < 1.29 is 23.9 Å². The molecule has 0 aliphatic carbocycles. The predicted octanol–water partition coefficient (Wildman–Crippen LogP) is 3.58. The standard InChI is InChI=1S/C21H25NO5S/c1-13-11-18(15(3)28-13)19(23)9-10-20(24)27-14(2)21(25)22-12-16-5-7-17(26-4)8-6-16/h5-8,11,14H,9-10,12H2,1-4H3,(H,22,25)/t14-/m1/s1. The number of benzene rings is 1. The average molecular weight is 404 g/mol. The number of rotatable bonds is 9. The van der Waals surface area contributed by atoms with Crippen LogP contribution in [0.1, 0.15) is 45.4 Å². The number of ether oxygens (including phenoxy) is 2. The van der Waals surface area contributed by atoms with E-state index in [2.05, 4.69) is 5.32 Å². The number of esters is 1. The van der Waals surface area contributed by atoms with Crippen molar-refractivity contribution in [1.82, 2.24) is 5.32 Å². The summed E-state index contributed by atoms with van der Waals surface area (Å²) in [4.78, 5) is 38.3. The van der Waals surface area contributed by atoms with Crippen molar-refractivity contribution in [3.05, 3.63) is 51.2 Å². The lowest BCUT2D eigenvalue weighted by Crippen LogP contribution is -2.35. The van der Waals surface area contributed by atoms with Crippen LogP contribution in [0.4, 0.5) is 0 Å². The maximum atomic E-state index is 12.2. The molecule has 0 bridgehead atoms. The molecule has 150 valence electrons. The molecule has 1 atom stereocenters. The Balaban J connectivity index is 1.75. The van der Waals surface area contributed by atoms with Crippen molar-refractivity contribution in [3.63, 3.8) is 0 Å². The Hall–Kier alpha value is -2.67. The van der Waals surface area contributed by atoms with Gasteiger partial charge in [0.25, 0.3) is 5.91 Å². The van der Waals surface area contributed by atoms with Crippen LogP contribution in [0.5, 0.6) is 5.75 Å². The molecule has 28 heavy (non-hydrogen) atoms. The van der Waals surface area contributed by atoms with Crippen molar-refractivity contribution in [2.24, 2.45) is 0 Å². The molecule has 2 aromatic rings. The Bertz CT molecular complexity index is 841. The van der Waals surface area contributed by atoms with E-state index in [-0.39, 0.29) is 24.5 Å². The van der Waals surface area contributed by atoms with Gasteiger partial charge in [0, 0.05) is 28.3 Å². The van der Waals surface area contributed by atoms with Crippen molar-refractivity contribution in [2.75, 3.05) is 7.11 Å². The highest BCUT2D eigenvalue weighted by Gasteiger charge is 2.19. The molecular formula is C21H25NO5S. The van der Waals surface area contributed by atoms with Gasteiger partial charge in [-0.2, -0.15) is 0 Å². The molecule has 0 aliphatic rings. The number of thiophene rings is 1. The van der Waals surface area contributed by atoms with Crippen LogP contribution in [0.2, 0.25) is 0 Å². The molecule has 0 saturated heterocycles. The van der Waals surface area contributed by atoms with Gasteiger partial charge in [-0.15, -0.1) is 11.3 Å². The summed E-state index contributed by atoms with van der Waals surface area (Å²) < 4.78 is 10.2. The minimum Gasteiger partial charge on any atom is -0.497 e. The molecule has 1 N–H and O–H groups in total. The van der Waals surface area contributed by atoms with E-state index in [0.29, 0.717) is 12.1 Å². The number of aryl methyl sites for hydroxylation is 2. The first kappa shape index (κ1) is 21.6. The fourth-order valence-corrected chi connectivity index (χ4v) is 3.59. The maximum absolute atomic E-state index is 12.2. The zero-order chi connectivity index (χ0) is 20.7. The Morgan fingerprint density at radius 3 is 2.36 bits per heavy atom. The van der Waals surface area contributed by atoms with Gasteiger partial charge in [-0.25, -0.2) is 0 Å². The molecule has 0 radical (unpaired) electrons. The van der Waals surface area contributed by atoms with E-state index in [9.17, 15) is 14.4 Å². The third-order valence-corrected chi connectivity index (χ3v) is 5.17. The maximum Gasteiger partial charge on any atom is 0.307 e. The van der Waals surface area contributed by atoms with E-state index in [4.69, 9.17) is 9.47 Å². The van der Waals surface area contributed by atoms with Gasteiger partial charge in [-0.3, -0.25) is 14.4 Å². The van der Waals surface area contributed by atoms with Crippen LogP contribution in [0.25, 0.3) is 0 Å². The molecular weight excluding hydrogens is 378 g/mol. The normalized spacial score (nSPS) is 11.6. The Morgan fingerprint density at radius 1 is 1.11 bits per heavy atom. The van der Waals surface area contributed by atoms with Gasteiger partial charge in [0.1, 0.15) is 5.75 Å². The number of nitrogens with one attached hydrogen (secondary N) is 1. The van der Waals surface area contributed by atoms with Gasteiger partial charge < -0.3 is 14.8 Å². The summed E-state index contributed by atoms with van der Waals surface area (Å²) in [6, 6.07) is 9.13. The van der Waals surface area contributed by atoms with Crippen molar-refractivity contribution in [1.29, 1.82) is 0 Å². The number of carbonyl (C=O) groups is 3. The molecule has 0 spiro atoms. The molecule has 6 nitrogen and oxygen atoms in total. The van der Waals surface area contributed by atoms with Crippen LogP contribution in [0.3, 0.4) is 0 Å². The van der Waals surface area contributed by atoms with Gasteiger partial charge in [-0.05, 0) is 44.5 Å². The molecule has 2 rings (SSSR count). The van der Waals surface area contributed by atoms with Crippen LogP contribution >= 0.6 is 11.3 Å². The summed E-state index contributed by atoms with van der Waals surface area (Å²) in [7, 11) is 1.59. The first-order chi connectivity index (χ1) is 13.3. The molecule has 1 heterocycles. The van der Waals surface area contributed by atoms with Crippen LogP contribution in [-0.2, 0) is 20.9 Å². The number of amides is 1. The van der Waals surface area contributed by atoms with Crippen LogP contribution in [-0.4, -0.2) is 30.9 Å². The van der Waals surface area contributed by atoms with E-state index in [0.717, 1.165) is 21.1 Å². The first-order valence-electron chi connectivity index (χ1n) is 9.00. The quantitative estimate of drug-likeness (QED) is 0.511. The Morgan fingerprint density at radius 2 is 1.79 bits per heavy atom. The number of Topliss-reactive ketones (excluding diaryl/α,β-unsaturated/α-hetero) is 1. The Kier molecular flexibility index (Phi) is 7.75. The van der Waals surface area contributed by atoms with Crippen molar-refractivity contribution >= 4 is 29.0 Å². The van der Waals surface area contributed by atoms with E-state index >= 15 is 0 Å². The molecule has 1 aromatic heterocycles. The van der Waals surface area contributed by atoms with Crippen LogP contribution < -0.4 is 10.1 Å². The molecule has 0 fully saturated rings. The second-order valence-corrected chi connectivity index (χ2v) is 7.91. The third kappa shape index (κ3) is 6.20. The highest BCUT2D eigenvalue weighted by molar-refractivity contribution is 7.12. The fraction of sp³-hybridized carbons (Fsp3) is 0.381. The summed E-state index contributed by atoms with van der Waals surface area (Å²) in [5.74, 6) is -0.306. The van der Waals surface area contributed by atoms with E-state index in [1.807, 2.05) is 32.0 Å². The molecule has 0 unspecified atom stereocenters. The second-order valence-electron chi connectivity index (χ2n) is 6.45. The van der Waals surface area contributed by atoms with E-state index in [1.54, 1.807) is 30.6 Å². The molecule has 7 heteroatoms. The molecule has 1 amide bonds.